The van der Waals surface area contributed by atoms with Gasteiger partial charge in [0.15, 0.2) is 0 Å². The van der Waals surface area contributed by atoms with Crippen LogP contribution in [0.4, 0.5) is 11.6 Å². The first kappa shape index (κ1) is 12.7. The van der Waals surface area contributed by atoms with E-state index in [1.807, 2.05) is 13.8 Å². The zero-order valence-electron chi connectivity index (χ0n) is 9.95. The van der Waals surface area contributed by atoms with Crippen molar-refractivity contribution in [3.8, 4) is 0 Å². The summed E-state index contributed by atoms with van der Waals surface area (Å²) in [6, 6.07) is 1.96. The van der Waals surface area contributed by atoms with Crippen LogP contribution in [-0.4, -0.2) is 29.7 Å². The molecule has 0 saturated heterocycles. The lowest BCUT2D eigenvalue weighted by Gasteiger charge is -2.14. The quantitative estimate of drug-likeness (QED) is 0.490. The first-order valence-electron chi connectivity index (χ1n) is 5.29. The van der Waals surface area contributed by atoms with Crippen LogP contribution in [0.15, 0.2) is 6.07 Å². The molecule has 1 aromatic heterocycles. The van der Waals surface area contributed by atoms with Gasteiger partial charge >= 0.3 is 0 Å². The Balaban J connectivity index is 2.78. The summed E-state index contributed by atoms with van der Waals surface area (Å²) in [6.07, 6.45) is 0.767. The van der Waals surface area contributed by atoms with Crippen molar-refractivity contribution in [2.75, 3.05) is 24.5 Å². The fraction of sp³-hybridized carbons (Fsp3) is 0.600. The van der Waals surface area contributed by atoms with E-state index >= 15 is 0 Å². The Morgan fingerprint density at radius 1 is 1.44 bits per heavy atom. The van der Waals surface area contributed by atoms with E-state index in [1.165, 1.54) is 0 Å². The molecule has 0 saturated carbocycles. The molecule has 1 atom stereocenters. The predicted molar refractivity (Wildman–Crippen MR) is 64.2 cm³/mol. The first-order chi connectivity index (χ1) is 7.69. The Labute approximate surface area is 95.6 Å². The largest absolute Gasteiger partial charge is 0.383 e. The number of aryl methyl sites for hydroxylation is 1. The number of methoxy groups -OCH3 is 1. The van der Waals surface area contributed by atoms with Crippen LogP contribution in [0.5, 0.6) is 0 Å². The second-order valence-corrected chi connectivity index (χ2v) is 3.55. The molecular weight excluding hydrogens is 206 g/mol. The molecule has 1 aromatic rings. The summed E-state index contributed by atoms with van der Waals surface area (Å²) in [5.41, 5.74) is 2.52. The van der Waals surface area contributed by atoms with E-state index in [1.54, 1.807) is 13.2 Å². The first-order valence-corrected chi connectivity index (χ1v) is 5.29. The minimum atomic E-state index is 0.190. The maximum Gasteiger partial charge on any atom is 0.145 e. The molecule has 0 bridgehead atoms. The molecule has 0 fully saturated rings. The van der Waals surface area contributed by atoms with Gasteiger partial charge in [0.2, 0.25) is 0 Å². The van der Waals surface area contributed by atoms with Crippen LogP contribution in [0.3, 0.4) is 0 Å². The zero-order valence-corrected chi connectivity index (χ0v) is 9.95. The number of nitrogens with zero attached hydrogens (tertiary/aromatic N) is 2. The predicted octanol–water partition coefficient (Wildman–Crippen LogP) is 0.771. The molecule has 4 N–H and O–H groups in total. The Bertz CT molecular complexity index is 309. The van der Waals surface area contributed by atoms with Gasteiger partial charge in [-0.05, 0) is 6.92 Å². The summed E-state index contributed by atoms with van der Waals surface area (Å²) >= 11 is 0. The summed E-state index contributed by atoms with van der Waals surface area (Å²) in [5.74, 6) is 7.46. The number of ether oxygens (including phenoxy) is 1. The molecule has 0 aliphatic carbocycles. The van der Waals surface area contributed by atoms with Gasteiger partial charge in [-0.3, -0.25) is 0 Å². The number of aromatic nitrogens is 2. The minimum absolute atomic E-state index is 0.190. The van der Waals surface area contributed by atoms with Gasteiger partial charge in [0.1, 0.15) is 17.5 Å². The highest BCUT2D eigenvalue weighted by Gasteiger charge is 2.05. The molecular formula is C10H19N5O. The van der Waals surface area contributed by atoms with Gasteiger partial charge in [-0.15, -0.1) is 0 Å². The van der Waals surface area contributed by atoms with Gasteiger partial charge in [0, 0.05) is 25.6 Å². The van der Waals surface area contributed by atoms with Gasteiger partial charge in [-0.1, -0.05) is 6.92 Å². The maximum absolute atomic E-state index is 5.34. The summed E-state index contributed by atoms with van der Waals surface area (Å²) in [6.45, 7) is 4.64. The van der Waals surface area contributed by atoms with Gasteiger partial charge in [-0.25, -0.2) is 15.8 Å². The van der Waals surface area contributed by atoms with E-state index in [0.29, 0.717) is 12.4 Å². The molecule has 0 aliphatic rings. The van der Waals surface area contributed by atoms with Crippen molar-refractivity contribution in [3.05, 3.63) is 11.9 Å². The molecule has 0 aliphatic heterocycles. The lowest BCUT2D eigenvalue weighted by Crippen LogP contribution is -2.22. The lowest BCUT2D eigenvalue weighted by molar-refractivity contribution is 0.190. The van der Waals surface area contributed by atoms with Crippen LogP contribution >= 0.6 is 0 Å². The number of nitrogens with two attached hydrogens (primary N) is 1. The summed E-state index contributed by atoms with van der Waals surface area (Å²) in [7, 11) is 1.67. The summed E-state index contributed by atoms with van der Waals surface area (Å²) in [4.78, 5) is 8.55. The van der Waals surface area contributed by atoms with E-state index in [4.69, 9.17) is 10.6 Å². The smallest absolute Gasteiger partial charge is 0.145 e. The molecule has 1 unspecified atom stereocenters. The van der Waals surface area contributed by atoms with E-state index < -0.39 is 0 Å². The highest BCUT2D eigenvalue weighted by molar-refractivity contribution is 5.47. The van der Waals surface area contributed by atoms with Crippen LogP contribution < -0.4 is 16.6 Å². The Morgan fingerprint density at radius 3 is 2.69 bits per heavy atom. The molecule has 1 rings (SSSR count). The fourth-order valence-electron chi connectivity index (χ4n) is 1.35. The normalized spacial score (nSPS) is 12.2. The van der Waals surface area contributed by atoms with Crippen molar-refractivity contribution in [3.63, 3.8) is 0 Å². The van der Waals surface area contributed by atoms with Crippen LogP contribution in [0.25, 0.3) is 0 Å². The number of anilines is 2. The molecule has 90 valence electrons. The summed E-state index contributed by atoms with van der Waals surface area (Å²) in [5, 5.41) is 3.22. The number of rotatable bonds is 6. The molecule has 6 heteroatoms. The van der Waals surface area contributed by atoms with Crippen molar-refractivity contribution in [1.29, 1.82) is 0 Å². The van der Waals surface area contributed by atoms with Crippen molar-refractivity contribution < 1.29 is 4.74 Å². The molecule has 0 amide bonds. The number of nitrogen functional groups attached to an aromatic ring is 1. The van der Waals surface area contributed by atoms with Crippen LogP contribution in [-0.2, 0) is 11.2 Å². The topological polar surface area (TPSA) is 85.1 Å². The Hall–Kier alpha value is -1.40. The highest BCUT2D eigenvalue weighted by atomic mass is 16.5. The highest BCUT2D eigenvalue weighted by Crippen LogP contribution is 2.11. The maximum atomic E-state index is 5.34. The Morgan fingerprint density at radius 2 is 2.12 bits per heavy atom. The lowest BCUT2D eigenvalue weighted by atomic mass is 10.3. The van der Waals surface area contributed by atoms with Crippen LogP contribution in [0.1, 0.15) is 19.7 Å². The van der Waals surface area contributed by atoms with Gasteiger partial charge in [-0.2, -0.15) is 0 Å². The second kappa shape index (κ2) is 6.24. The number of hydrogen-bond acceptors (Lipinski definition) is 6. The fourth-order valence-corrected chi connectivity index (χ4v) is 1.35. The van der Waals surface area contributed by atoms with Crippen molar-refractivity contribution in [2.45, 2.75) is 26.3 Å². The van der Waals surface area contributed by atoms with Gasteiger partial charge in [0.25, 0.3) is 0 Å². The molecule has 0 aromatic carbocycles. The molecule has 0 radical (unpaired) electrons. The monoisotopic (exact) mass is 225 g/mol. The minimum Gasteiger partial charge on any atom is -0.383 e. The Kier molecular flexibility index (Phi) is 4.94. The molecule has 0 spiro atoms. The van der Waals surface area contributed by atoms with E-state index in [9.17, 15) is 0 Å². The average molecular weight is 225 g/mol. The van der Waals surface area contributed by atoms with Crippen LogP contribution in [0, 0.1) is 0 Å². The molecule has 16 heavy (non-hydrogen) atoms. The summed E-state index contributed by atoms with van der Waals surface area (Å²) < 4.78 is 5.04. The van der Waals surface area contributed by atoms with Crippen molar-refractivity contribution in [1.82, 2.24) is 9.97 Å². The number of nitrogens with one attached hydrogen (secondary N) is 2. The van der Waals surface area contributed by atoms with E-state index in [2.05, 4.69) is 20.7 Å². The average Bonchev–Trinajstić information content (AvgIpc) is 2.28. The third-order valence-corrected chi connectivity index (χ3v) is 2.05. The van der Waals surface area contributed by atoms with Crippen molar-refractivity contribution in [2.24, 2.45) is 5.84 Å². The second-order valence-electron chi connectivity index (χ2n) is 3.55. The molecule has 6 nitrogen and oxygen atoms in total. The van der Waals surface area contributed by atoms with Gasteiger partial charge < -0.3 is 15.5 Å². The zero-order chi connectivity index (χ0) is 12.0. The third-order valence-electron chi connectivity index (χ3n) is 2.05. The van der Waals surface area contributed by atoms with Gasteiger partial charge in [0.05, 0.1) is 6.61 Å². The van der Waals surface area contributed by atoms with E-state index in [0.717, 1.165) is 18.1 Å². The number of hydrogen-bond donors (Lipinski definition) is 3. The third kappa shape index (κ3) is 3.63. The van der Waals surface area contributed by atoms with Crippen molar-refractivity contribution >= 4 is 11.6 Å². The SMILES string of the molecule is CCc1nc(NN)cc(NC(C)COC)n1. The number of hydrazine groups is 1. The van der Waals surface area contributed by atoms with E-state index in [-0.39, 0.29) is 6.04 Å². The van der Waals surface area contributed by atoms with Crippen LogP contribution in [0.2, 0.25) is 0 Å². The standard InChI is InChI=1S/C10H19N5O/c1-4-8-13-9(5-10(14-8)15-11)12-7(2)6-16-3/h5,7H,4,6,11H2,1-3H3,(H2,12,13,14,15). The molecule has 1 heterocycles.